The molecule has 58 valence electrons. The van der Waals surface area contributed by atoms with Crippen LogP contribution in [-0.2, 0) is 0 Å². The molecule has 0 spiro atoms. The fourth-order valence-corrected chi connectivity index (χ4v) is 0.937. The summed E-state index contributed by atoms with van der Waals surface area (Å²) in [5.74, 6) is -0.271. The molecule has 0 aliphatic heterocycles. The fraction of sp³-hybridized carbons (Fsp3) is 0. The minimum Gasteiger partial charge on any atom is -0.207 e. The lowest BCUT2D eigenvalue weighted by atomic mass is 10.2. The van der Waals surface area contributed by atoms with Crippen molar-refractivity contribution in [3.05, 3.63) is 40.1 Å². The Morgan fingerprint density at radius 1 is 1.18 bits per heavy atom. The van der Waals surface area contributed by atoms with E-state index in [-0.39, 0.29) is 10.3 Å². The van der Waals surface area contributed by atoms with Crippen LogP contribution in [0.1, 0.15) is 5.56 Å². The third kappa shape index (κ3) is 2.91. The lowest BCUT2D eigenvalue weighted by Crippen LogP contribution is -1.73. The number of rotatable bonds is 1. The molecule has 0 bridgehead atoms. The second-order valence-electron chi connectivity index (χ2n) is 1.99. The first-order valence-electron chi connectivity index (χ1n) is 2.97. The van der Waals surface area contributed by atoms with Gasteiger partial charge in [0.15, 0.2) is 0 Å². The maximum Gasteiger partial charge on any atom is 0.123 e. The summed E-state index contributed by atoms with van der Waals surface area (Å²) in [5, 5.41) is 0. The molecular weight excluding hydrogens is 186 g/mol. The molecule has 3 heteroatoms. The van der Waals surface area contributed by atoms with E-state index in [1.807, 2.05) is 0 Å². The van der Waals surface area contributed by atoms with Gasteiger partial charge in [-0.25, -0.2) is 4.39 Å². The molecule has 0 radical (unpaired) electrons. The highest BCUT2D eigenvalue weighted by molar-refractivity contribution is 6.57. The van der Waals surface area contributed by atoms with Gasteiger partial charge in [-0.2, -0.15) is 0 Å². The Labute approximate surface area is 74.2 Å². The maximum atomic E-state index is 12.3. The van der Waals surface area contributed by atoms with Crippen molar-refractivity contribution in [3.63, 3.8) is 0 Å². The van der Waals surface area contributed by atoms with E-state index in [2.05, 4.69) is 0 Å². The zero-order chi connectivity index (χ0) is 8.27. The Bertz CT molecular complexity index is 260. The third-order valence-electron chi connectivity index (χ3n) is 1.15. The molecular formula is C8H5Cl2F. The average Bonchev–Trinajstić information content (AvgIpc) is 1.93. The van der Waals surface area contributed by atoms with Crippen LogP contribution in [0.15, 0.2) is 28.8 Å². The van der Waals surface area contributed by atoms with Crippen LogP contribution in [0.2, 0.25) is 0 Å². The van der Waals surface area contributed by atoms with Gasteiger partial charge in [-0.3, -0.25) is 0 Å². The van der Waals surface area contributed by atoms with Gasteiger partial charge < -0.3 is 0 Å². The van der Waals surface area contributed by atoms with Crippen LogP contribution in [0.25, 0.3) is 6.08 Å². The highest BCUT2D eigenvalue weighted by atomic mass is 35.5. The normalized spacial score (nSPS) is 9.36. The summed E-state index contributed by atoms with van der Waals surface area (Å²) >= 11 is 10.8. The summed E-state index contributed by atoms with van der Waals surface area (Å²) in [6.45, 7) is 0. The molecule has 0 aromatic heterocycles. The Balaban J connectivity index is 2.91. The van der Waals surface area contributed by atoms with Crippen LogP contribution in [0, 0.1) is 5.82 Å². The average molecular weight is 191 g/mol. The van der Waals surface area contributed by atoms with Gasteiger partial charge in [-0.15, -0.1) is 0 Å². The SMILES string of the molecule is Fc1ccc(C=C(Cl)Cl)cc1. The number of benzene rings is 1. The van der Waals surface area contributed by atoms with E-state index in [1.165, 1.54) is 12.1 Å². The van der Waals surface area contributed by atoms with Crippen LogP contribution < -0.4 is 0 Å². The van der Waals surface area contributed by atoms with E-state index in [0.717, 1.165) is 5.56 Å². The summed E-state index contributed by atoms with van der Waals surface area (Å²) in [4.78, 5) is 0. The summed E-state index contributed by atoms with van der Waals surface area (Å²) in [5.41, 5.74) is 0.784. The van der Waals surface area contributed by atoms with Gasteiger partial charge in [-0.1, -0.05) is 35.3 Å². The van der Waals surface area contributed by atoms with Gasteiger partial charge in [0, 0.05) is 0 Å². The van der Waals surface area contributed by atoms with Gasteiger partial charge in [0.1, 0.15) is 10.3 Å². The summed E-state index contributed by atoms with van der Waals surface area (Å²) in [7, 11) is 0. The quantitative estimate of drug-likeness (QED) is 0.636. The zero-order valence-corrected chi connectivity index (χ0v) is 7.03. The Hall–Kier alpha value is -0.530. The Morgan fingerprint density at radius 2 is 1.73 bits per heavy atom. The third-order valence-corrected chi connectivity index (χ3v) is 1.36. The van der Waals surface area contributed by atoms with Crippen LogP contribution >= 0.6 is 23.2 Å². The molecule has 1 aromatic carbocycles. The predicted molar refractivity (Wildman–Crippen MR) is 46.1 cm³/mol. The van der Waals surface area contributed by atoms with Crippen LogP contribution in [0.5, 0.6) is 0 Å². The molecule has 0 amide bonds. The first-order chi connectivity index (χ1) is 5.18. The van der Waals surface area contributed by atoms with E-state index in [1.54, 1.807) is 18.2 Å². The highest BCUT2D eigenvalue weighted by Crippen LogP contribution is 2.13. The molecule has 0 heterocycles. The van der Waals surface area contributed by atoms with E-state index in [9.17, 15) is 4.39 Å². The lowest BCUT2D eigenvalue weighted by molar-refractivity contribution is 0.628. The molecule has 0 atom stereocenters. The Kier molecular flexibility index (Phi) is 2.92. The van der Waals surface area contributed by atoms with Crippen molar-refractivity contribution < 1.29 is 4.39 Å². The summed E-state index contributed by atoms with van der Waals surface area (Å²) in [6, 6.07) is 5.89. The molecule has 1 rings (SSSR count). The molecule has 0 saturated heterocycles. The molecule has 1 aromatic rings. The first-order valence-corrected chi connectivity index (χ1v) is 3.72. The molecule has 0 nitrogen and oxygen atoms in total. The second-order valence-corrected chi connectivity index (χ2v) is 2.99. The van der Waals surface area contributed by atoms with Crippen molar-refractivity contribution in [2.24, 2.45) is 0 Å². The van der Waals surface area contributed by atoms with Gasteiger partial charge >= 0.3 is 0 Å². The van der Waals surface area contributed by atoms with Gasteiger partial charge in [0.05, 0.1) is 0 Å². The molecule has 0 unspecified atom stereocenters. The number of hydrogen-bond acceptors (Lipinski definition) is 0. The van der Waals surface area contributed by atoms with Crippen molar-refractivity contribution >= 4 is 29.3 Å². The van der Waals surface area contributed by atoms with Crippen molar-refractivity contribution in [1.29, 1.82) is 0 Å². The molecule has 0 fully saturated rings. The molecule has 0 N–H and O–H groups in total. The zero-order valence-electron chi connectivity index (χ0n) is 5.52. The van der Waals surface area contributed by atoms with Crippen molar-refractivity contribution in [3.8, 4) is 0 Å². The van der Waals surface area contributed by atoms with Crippen LogP contribution in [-0.4, -0.2) is 0 Å². The van der Waals surface area contributed by atoms with E-state index in [0.29, 0.717) is 0 Å². The van der Waals surface area contributed by atoms with E-state index in [4.69, 9.17) is 23.2 Å². The minimum absolute atomic E-state index is 0.164. The molecule has 0 saturated carbocycles. The topological polar surface area (TPSA) is 0 Å². The second kappa shape index (κ2) is 3.74. The van der Waals surface area contributed by atoms with Gasteiger partial charge in [0.25, 0.3) is 0 Å². The molecule has 11 heavy (non-hydrogen) atoms. The van der Waals surface area contributed by atoms with Crippen LogP contribution in [0.3, 0.4) is 0 Å². The van der Waals surface area contributed by atoms with Crippen molar-refractivity contribution in [1.82, 2.24) is 0 Å². The molecule has 0 aliphatic carbocycles. The predicted octanol–water partition coefficient (Wildman–Crippen LogP) is 3.60. The van der Waals surface area contributed by atoms with E-state index < -0.39 is 0 Å². The smallest absolute Gasteiger partial charge is 0.123 e. The Morgan fingerprint density at radius 3 is 2.18 bits per heavy atom. The number of hydrogen-bond donors (Lipinski definition) is 0. The molecule has 0 aliphatic rings. The lowest BCUT2D eigenvalue weighted by Gasteiger charge is -1.91. The monoisotopic (exact) mass is 190 g/mol. The van der Waals surface area contributed by atoms with Crippen molar-refractivity contribution in [2.45, 2.75) is 0 Å². The first kappa shape index (κ1) is 8.57. The van der Waals surface area contributed by atoms with Crippen molar-refractivity contribution in [2.75, 3.05) is 0 Å². The van der Waals surface area contributed by atoms with Gasteiger partial charge in [0.2, 0.25) is 0 Å². The maximum absolute atomic E-state index is 12.3. The summed E-state index contributed by atoms with van der Waals surface area (Å²) in [6.07, 6.45) is 1.54. The van der Waals surface area contributed by atoms with Gasteiger partial charge in [-0.05, 0) is 23.8 Å². The van der Waals surface area contributed by atoms with Crippen LogP contribution in [0.4, 0.5) is 4.39 Å². The number of halogens is 3. The highest BCUT2D eigenvalue weighted by Gasteiger charge is 1.90. The van der Waals surface area contributed by atoms with E-state index >= 15 is 0 Å². The largest absolute Gasteiger partial charge is 0.207 e. The summed E-state index contributed by atoms with van der Waals surface area (Å²) < 4.78 is 12.5. The fourth-order valence-electron chi connectivity index (χ4n) is 0.685. The minimum atomic E-state index is -0.271. The standard InChI is InChI=1S/C8H5Cl2F/c9-8(10)5-6-1-3-7(11)4-2-6/h1-5H.